The number of nitrogen functional groups attached to an aromatic ring is 1. The van der Waals surface area contributed by atoms with Crippen molar-refractivity contribution in [3.05, 3.63) is 59.9 Å². The second-order valence-electron chi connectivity index (χ2n) is 4.47. The molecule has 1 aromatic carbocycles. The van der Waals surface area contributed by atoms with E-state index in [1.54, 1.807) is 18.3 Å². The number of hydrogen-bond donors (Lipinski definition) is 2. The summed E-state index contributed by atoms with van der Waals surface area (Å²) in [4.78, 5) is 20.0. The van der Waals surface area contributed by atoms with Crippen LogP contribution in [0.2, 0.25) is 0 Å². The lowest BCUT2D eigenvalue weighted by atomic mass is 10.2. The Morgan fingerprint density at radius 2 is 1.91 bits per heavy atom. The molecular formula is C14H10F2N6O. The third-order valence-electron chi connectivity index (χ3n) is 2.92. The number of nitrogens with one attached hydrogen (secondary N) is 1. The number of benzene rings is 1. The van der Waals surface area contributed by atoms with Crippen LogP contribution in [-0.2, 0) is 0 Å². The van der Waals surface area contributed by atoms with E-state index in [0.29, 0.717) is 10.4 Å². The molecule has 0 radical (unpaired) electrons. The standard InChI is InChI=1S/C14H10F2N6O/c15-9-4-1-5-10(16)11(9)12(23)22-13(17)20-14(21-22)19-8-3-2-6-18-7-8/h1-7H,(H3,17,19,20,21). The number of anilines is 3. The average Bonchev–Trinajstić information content (AvgIpc) is 2.88. The molecule has 3 rings (SSSR count). The first-order valence-corrected chi connectivity index (χ1v) is 6.44. The summed E-state index contributed by atoms with van der Waals surface area (Å²) in [5.74, 6) is -3.37. The molecule has 3 N–H and O–H groups in total. The summed E-state index contributed by atoms with van der Waals surface area (Å²) in [5, 5.41) is 6.60. The van der Waals surface area contributed by atoms with Gasteiger partial charge in [0.1, 0.15) is 17.2 Å². The van der Waals surface area contributed by atoms with Gasteiger partial charge in [0.15, 0.2) is 0 Å². The summed E-state index contributed by atoms with van der Waals surface area (Å²) in [6.07, 6.45) is 3.09. The molecule has 0 saturated carbocycles. The van der Waals surface area contributed by atoms with Crippen molar-refractivity contribution in [3.63, 3.8) is 0 Å². The van der Waals surface area contributed by atoms with Crippen molar-refractivity contribution >= 4 is 23.5 Å². The van der Waals surface area contributed by atoms with Crippen molar-refractivity contribution in [3.8, 4) is 0 Å². The lowest BCUT2D eigenvalue weighted by molar-refractivity contribution is 0.0939. The van der Waals surface area contributed by atoms with E-state index in [1.165, 1.54) is 6.20 Å². The Hall–Kier alpha value is -3.36. The summed E-state index contributed by atoms with van der Waals surface area (Å²) in [5.41, 5.74) is 5.41. The molecule has 116 valence electrons. The van der Waals surface area contributed by atoms with Crippen LogP contribution in [0.15, 0.2) is 42.7 Å². The number of nitrogens with two attached hydrogens (primary N) is 1. The van der Waals surface area contributed by atoms with Crippen molar-refractivity contribution in [2.75, 3.05) is 11.1 Å². The number of carbonyl (C=O) groups is 1. The van der Waals surface area contributed by atoms with Crippen LogP contribution < -0.4 is 11.1 Å². The third kappa shape index (κ3) is 2.84. The highest BCUT2D eigenvalue weighted by Gasteiger charge is 2.22. The van der Waals surface area contributed by atoms with Gasteiger partial charge in [0.2, 0.25) is 11.9 Å². The van der Waals surface area contributed by atoms with Gasteiger partial charge < -0.3 is 11.1 Å². The quantitative estimate of drug-likeness (QED) is 0.766. The van der Waals surface area contributed by atoms with Crippen LogP contribution in [0.5, 0.6) is 0 Å². The molecule has 0 fully saturated rings. The first-order valence-electron chi connectivity index (χ1n) is 6.44. The third-order valence-corrected chi connectivity index (χ3v) is 2.92. The number of pyridine rings is 1. The van der Waals surface area contributed by atoms with Gasteiger partial charge in [-0.3, -0.25) is 9.78 Å². The maximum Gasteiger partial charge on any atom is 0.287 e. The molecule has 23 heavy (non-hydrogen) atoms. The Labute approximate surface area is 128 Å². The van der Waals surface area contributed by atoms with E-state index in [2.05, 4.69) is 20.4 Å². The van der Waals surface area contributed by atoms with Gasteiger partial charge in [0.25, 0.3) is 5.91 Å². The van der Waals surface area contributed by atoms with Crippen LogP contribution in [0.4, 0.5) is 26.4 Å². The fourth-order valence-corrected chi connectivity index (χ4v) is 1.90. The van der Waals surface area contributed by atoms with E-state index >= 15 is 0 Å². The molecule has 0 amide bonds. The van der Waals surface area contributed by atoms with Crippen molar-refractivity contribution < 1.29 is 13.6 Å². The van der Waals surface area contributed by atoms with Crippen LogP contribution in [0.3, 0.4) is 0 Å². The molecule has 0 aliphatic heterocycles. The predicted octanol–water partition coefficient (Wildman–Crippen LogP) is 1.97. The lowest BCUT2D eigenvalue weighted by Crippen LogP contribution is -2.19. The zero-order chi connectivity index (χ0) is 16.4. The number of aromatic nitrogens is 4. The Kier molecular flexibility index (Phi) is 3.67. The molecule has 7 nitrogen and oxygen atoms in total. The summed E-state index contributed by atoms with van der Waals surface area (Å²) in [7, 11) is 0. The van der Waals surface area contributed by atoms with Gasteiger partial charge >= 0.3 is 0 Å². The summed E-state index contributed by atoms with van der Waals surface area (Å²) in [6.45, 7) is 0. The minimum atomic E-state index is -1.05. The largest absolute Gasteiger partial charge is 0.368 e. The van der Waals surface area contributed by atoms with Crippen LogP contribution in [-0.4, -0.2) is 25.7 Å². The molecule has 0 aliphatic carbocycles. The lowest BCUT2D eigenvalue weighted by Gasteiger charge is -2.04. The van der Waals surface area contributed by atoms with Crippen molar-refractivity contribution in [1.82, 2.24) is 19.7 Å². The van der Waals surface area contributed by atoms with E-state index in [4.69, 9.17) is 5.73 Å². The van der Waals surface area contributed by atoms with E-state index in [9.17, 15) is 13.6 Å². The second-order valence-corrected chi connectivity index (χ2v) is 4.47. The number of carbonyl (C=O) groups excluding carboxylic acids is 1. The van der Waals surface area contributed by atoms with Crippen LogP contribution in [0, 0.1) is 11.6 Å². The zero-order valence-corrected chi connectivity index (χ0v) is 11.6. The Morgan fingerprint density at radius 1 is 1.17 bits per heavy atom. The molecule has 0 bridgehead atoms. The van der Waals surface area contributed by atoms with E-state index in [-0.39, 0.29) is 11.9 Å². The van der Waals surface area contributed by atoms with Crippen molar-refractivity contribution in [2.45, 2.75) is 0 Å². The van der Waals surface area contributed by atoms with Gasteiger partial charge in [-0.15, -0.1) is 5.10 Å². The van der Waals surface area contributed by atoms with Gasteiger partial charge in [0.05, 0.1) is 11.9 Å². The highest BCUT2D eigenvalue weighted by atomic mass is 19.1. The van der Waals surface area contributed by atoms with Crippen molar-refractivity contribution in [1.29, 1.82) is 0 Å². The molecule has 0 atom stereocenters. The molecule has 0 unspecified atom stereocenters. The molecule has 0 spiro atoms. The fraction of sp³-hybridized carbons (Fsp3) is 0. The Balaban J connectivity index is 1.93. The molecule has 0 aliphatic rings. The fourth-order valence-electron chi connectivity index (χ4n) is 1.90. The smallest absolute Gasteiger partial charge is 0.287 e. The summed E-state index contributed by atoms with van der Waals surface area (Å²) >= 11 is 0. The SMILES string of the molecule is Nc1nc(Nc2cccnc2)nn1C(=O)c1c(F)cccc1F. The Morgan fingerprint density at radius 3 is 2.57 bits per heavy atom. The zero-order valence-electron chi connectivity index (χ0n) is 11.6. The van der Waals surface area contributed by atoms with E-state index in [0.717, 1.165) is 18.2 Å². The number of nitrogens with zero attached hydrogens (tertiary/aromatic N) is 4. The van der Waals surface area contributed by atoms with Gasteiger partial charge in [-0.1, -0.05) is 6.07 Å². The molecule has 2 aromatic heterocycles. The summed E-state index contributed by atoms with van der Waals surface area (Å²) in [6, 6.07) is 6.47. The highest BCUT2D eigenvalue weighted by Crippen LogP contribution is 2.17. The highest BCUT2D eigenvalue weighted by molar-refractivity contribution is 5.97. The maximum atomic E-state index is 13.7. The average molecular weight is 316 g/mol. The number of hydrogen-bond acceptors (Lipinski definition) is 6. The molecule has 0 saturated heterocycles. The van der Waals surface area contributed by atoms with Gasteiger partial charge in [-0.25, -0.2) is 8.78 Å². The minimum absolute atomic E-state index is 0.000553. The van der Waals surface area contributed by atoms with Gasteiger partial charge in [0, 0.05) is 6.20 Å². The molecule has 9 heteroatoms. The number of halogens is 2. The topological polar surface area (TPSA) is 98.7 Å². The first kappa shape index (κ1) is 14.6. The van der Waals surface area contributed by atoms with E-state index < -0.39 is 23.1 Å². The van der Waals surface area contributed by atoms with Gasteiger partial charge in [-0.05, 0) is 24.3 Å². The molecule has 2 heterocycles. The second kappa shape index (κ2) is 5.79. The molecular weight excluding hydrogens is 306 g/mol. The number of rotatable bonds is 3. The summed E-state index contributed by atoms with van der Waals surface area (Å²) < 4.78 is 28.0. The van der Waals surface area contributed by atoms with E-state index in [1.807, 2.05) is 0 Å². The van der Waals surface area contributed by atoms with Crippen molar-refractivity contribution in [2.24, 2.45) is 0 Å². The Bertz CT molecular complexity index is 845. The minimum Gasteiger partial charge on any atom is -0.368 e. The normalized spacial score (nSPS) is 10.5. The van der Waals surface area contributed by atoms with Gasteiger partial charge in [-0.2, -0.15) is 9.67 Å². The van der Waals surface area contributed by atoms with Crippen LogP contribution in [0.25, 0.3) is 0 Å². The maximum absolute atomic E-state index is 13.7. The predicted molar refractivity (Wildman–Crippen MR) is 78.0 cm³/mol. The molecule has 3 aromatic rings. The monoisotopic (exact) mass is 316 g/mol. The van der Waals surface area contributed by atoms with Crippen LogP contribution >= 0.6 is 0 Å². The first-order chi connectivity index (χ1) is 11.1. The van der Waals surface area contributed by atoms with Crippen LogP contribution in [0.1, 0.15) is 10.4 Å².